The lowest BCUT2D eigenvalue weighted by atomic mass is 9.96. The minimum Gasteiger partial charge on any atom is -0.356 e. The molecule has 1 fully saturated rings. The van der Waals surface area contributed by atoms with E-state index in [2.05, 4.69) is 22.1 Å². The maximum Gasteiger partial charge on any atom is 0.223 e. The second-order valence-electron chi connectivity index (χ2n) is 7.16. The summed E-state index contributed by atoms with van der Waals surface area (Å²) in [6, 6.07) is 9.64. The van der Waals surface area contributed by atoms with Crippen LogP contribution in [-0.4, -0.2) is 40.3 Å². The van der Waals surface area contributed by atoms with E-state index < -0.39 is 0 Å². The van der Waals surface area contributed by atoms with Crippen LogP contribution in [0.4, 0.5) is 5.82 Å². The third kappa shape index (κ3) is 3.69. The molecule has 146 valence electrons. The first-order chi connectivity index (χ1) is 13.7. The highest BCUT2D eigenvalue weighted by Crippen LogP contribution is 2.31. The molecule has 28 heavy (non-hydrogen) atoms. The van der Waals surface area contributed by atoms with E-state index in [9.17, 15) is 4.79 Å². The zero-order valence-corrected chi connectivity index (χ0v) is 16.7. The van der Waals surface area contributed by atoms with E-state index in [1.807, 2.05) is 41.2 Å². The van der Waals surface area contributed by atoms with Crippen LogP contribution < -0.4 is 10.2 Å². The summed E-state index contributed by atoms with van der Waals surface area (Å²) >= 11 is 6.03. The quantitative estimate of drug-likeness (QED) is 0.711. The zero-order chi connectivity index (χ0) is 19.5. The van der Waals surface area contributed by atoms with Crippen molar-refractivity contribution < 1.29 is 4.79 Å². The molecule has 0 radical (unpaired) electrons. The molecule has 3 aromatic rings. The Bertz CT molecular complexity index is 961. The van der Waals surface area contributed by atoms with E-state index in [-0.39, 0.29) is 11.8 Å². The van der Waals surface area contributed by atoms with Crippen LogP contribution in [0, 0.1) is 5.92 Å². The van der Waals surface area contributed by atoms with Gasteiger partial charge in [0.15, 0.2) is 5.82 Å². The summed E-state index contributed by atoms with van der Waals surface area (Å²) in [5, 5.41) is 9.68. The Balaban J connectivity index is 1.58. The van der Waals surface area contributed by atoms with Gasteiger partial charge in [-0.15, -0.1) is 5.10 Å². The Kier molecular flexibility index (Phi) is 5.48. The maximum absolute atomic E-state index is 12.3. The molecule has 1 saturated heterocycles. The summed E-state index contributed by atoms with van der Waals surface area (Å²) in [7, 11) is 0. The van der Waals surface area contributed by atoms with E-state index in [4.69, 9.17) is 16.7 Å². The highest BCUT2D eigenvalue weighted by molar-refractivity contribution is 6.30. The van der Waals surface area contributed by atoms with E-state index in [0.717, 1.165) is 61.3 Å². The van der Waals surface area contributed by atoms with Crippen LogP contribution in [0.2, 0.25) is 5.02 Å². The lowest BCUT2D eigenvalue weighted by Gasteiger charge is -2.31. The van der Waals surface area contributed by atoms with Gasteiger partial charge in [-0.2, -0.15) is 0 Å². The molecule has 0 spiro atoms. The highest BCUT2D eigenvalue weighted by atomic mass is 35.5. The second kappa shape index (κ2) is 8.19. The van der Waals surface area contributed by atoms with Gasteiger partial charge in [0.1, 0.15) is 0 Å². The number of amides is 1. The Labute approximate surface area is 169 Å². The van der Waals surface area contributed by atoms with Gasteiger partial charge in [0, 0.05) is 42.2 Å². The fourth-order valence-electron chi connectivity index (χ4n) is 3.71. The first-order valence-corrected chi connectivity index (χ1v) is 10.2. The molecule has 0 saturated carbocycles. The Morgan fingerprint density at radius 3 is 2.68 bits per heavy atom. The van der Waals surface area contributed by atoms with Gasteiger partial charge < -0.3 is 10.2 Å². The fourth-order valence-corrected chi connectivity index (χ4v) is 3.83. The molecule has 6 nitrogen and oxygen atoms in total. The molecule has 7 heteroatoms. The predicted octanol–water partition coefficient (Wildman–Crippen LogP) is 3.82. The lowest BCUT2D eigenvalue weighted by molar-refractivity contribution is -0.125. The van der Waals surface area contributed by atoms with Crippen molar-refractivity contribution in [3.05, 3.63) is 47.7 Å². The number of nitrogens with zero attached hydrogens (tertiary/aromatic N) is 4. The minimum atomic E-state index is 0.0917. The molecule has 1 aliphatic rings. The van der Waals surface area contributed by atoms with Gasteiger partial charge in [0.05, 0.1) is 17.4 Å². The molecule has 0 aliphatic carbocycles. The van der Waals surface area contributed by atoms with Crippen LogP contribution in [0.1, 0.15) is 26.2 Å². The molecule has 2 aromatic heterocycles. The first-order valence-electron chi connectivity index (χ1n) is 9.78. The number of hydrogen-bond acceptors (Lipinski definition) is 4. The average Bonchev–Trinajstić information content (AvgIpc) is 3.12. The largest absolute Gasteiger partial charge is 0.356 e. The van der Waals surface area contributed by atoms with Gasteiger partial charge >= 0.3 is 0 Å². The van der Waals surface area contributed by atoms with Crippen molar-refractivity contribution in [2.75, 3.05) is 24.5 Å². The lowest BCUT2D eigenvalue weighted by Crippen LogP contribution is -2.41. The molecule has 0 unspecified atom stereocenters. The number of anilines is 1. The molecule has 3 heterocycles. The van der Waals surface area contributed by atoms with Crippen LogP contribution >= 0.6 is 11.6 Å². The van der Waals surface area contributed by atoms with Crippen molar-refractivity contribution in [3.63, 3.8) is 0 Å². The predicted molar refractivity (Wildman–Crippen MR) is 112 cm³/mol. The SMILES string of the molecule is CCCNC(=O)C1CCN(c2nn(-c3ccc(Cl)cc3)c3cnccc23)CC1. The summed E-state index contributed by atoms with van der Waals surface area (Å²) in [5.74, 6) is 1.22. The topological polar surface area (TPSA) is 63.1 Å². The summed E-state index contributed by atoms with van der Waals surface area (Å²) in [4.78, 5) is 18.8. The molecule has 1 aromatic carbocycles. The standard InChI is InChI=1S/C21H24ClN5O/c1-2-10-24-21(28)15-8-12-26(13-9-15)20-18-7-11-23-14-19(18)27(25-20)17-5-3-16(22)4-6-17/h3-7,11,14-15H,2,8-10,12-13H2,1H3,(H,24,28). The molecule has 0 atom stereocenters. The molecule has 1 aliphatic heterocycles. The van der Waals surface area contributed by atoms with E-state index in [1.54, 1.807) is 6.20 Å². The van der Waals surface area contributed by atoms with Crippen LogP contribution in [0.3, 0.4) is 0 Å². The minimum absolute atomic E-state index is 0.0917. The first kappa shape index (κ1) is 18.7. The summed E-state index contributed by atoms with van der Waals surface area (Å²) in [6.45, 7) is 4.46. The second-order valence-corrected chi connectivity index (χ2v) is 7.59. The van der Waals surface area contributed by atoms with Crippen molar-refractivity contribution in [2.24, 2.45) is 5.92 Å². The number of pyridine rings is 1. The van der Waals surface area contributed by atoms with Crippen molar-refractivity contribution >= 4 is 34.2 Å². The molecule has 1 N–H and O–H groups in total. The molecular formula is C21H24ClN5O. The van der Waals surface area contributed by atoms with Gasteiger partial charge in [0.2, 0.25) is 5.91 Å². The Morgan fingerprint density at radius 2 is 1.96 bits per heavy atom. The third-order valence-corrected chi connectivity index (χ3v) is 5.50. The maximum atomic E-state index is 12.3. The van der Waals surface area contributed by atoms with Gasteiger partial charge in [-0.3, -0.25) is 9.78 Å². The van der Waals surface area contributed by atoms with Crippen molar-refractivity contribution in [1.29, 1.82) is 0 Å². The number of halogens is 1. The number of carbonyl (C=O) groups is 1. The zero-order valence-electron chi connectivity index (χ0n) is 15.9. The number of benzene rings is 1. The highest BCUT2D eigenvalue weighted by Gasteiger charge is 2.27. The smallest absolute Gasteiger partial charge is 0.223 e. The number of rotatable bonds is 5. The summed E-state index contributed by atoms with van der Waals surface area (Å²) in [6.07, 6.45) is 6.29. The van der Waals surface area contributed by atoms with E-state index >= 15 is 0 Å². The average molecular weight is 398 g/mol. The van der Waals surface area contributed by atoms with Gasteiger partial charge in [-0.1, -0.05) is 18.5 Å². The van der Waals surface area contributed by atoms with Crippen LogP contribution in [-0.2, 0) is 4.79 Å². The molecule has 4 rings (SSSR count). The Hall–Kier alpha value is -2.60. The van der Waals surface area contributed by atoms with E-state index in [0.29, 0.717) is 5.02 Å². The summed E-state index contributed by atoms with van der Waals surface area (Å²) in [5.41, 5.74) is 1.91. The van der Waals surface area contributed by atoms with Gasteiger partial charge in [-0.25, -0.2) is 4.68 Å². The monoisotopic (exact) mass is 397 g/mol. The fraction of sp³-hybridized carbons (Fsp3) is 0.381. The van der Waals surface area contributed by atoms with E-state index in [1.165, 1.54) is 0 Å². The third-order valence-electron chi connectivity index (χ3n) is 5.25. The Morgan fingerprint density at radius 1 is 1.21 bits per heavy atom. The van der Waals surface area contributed by atoms with Crippen molar-refractivity contribution in [3.8, 4) is 5.69 Å². The molecular weight excluding hydrogens is 374 g/mol. The molecule has 0 bridgehead atoms. The molecule has 1 amide bonds. The normalized spacial score (nSPS) is 15.1. The number of nitrogens with one attached hydrogen (secondary N) is 1. The van der Waals surface area contributed by atoms with Crippen molar-refractivity contribution in [1.82, 2.24) is 20.1 Å². The number of aromatic nitrogens is 3. The number of fused-ring (bicyclic) bond motifs is 1. The number of piperidine rings is 1. The van der Waals surface area contributed by atoms with Gasteiger partial charge in [-0.05, 0) is 49.6 Å². The number of carbonyl (C=O) groups excluding carboxylic acids is 1. The van der Waals surface area contributed by atoms with Crippen LogP contribution in [0.15, 0.2) is 42.7 Å². The number of hydrogen-bond donors (Lipinski definition) is 1. The van der Waals surface area contributed by atoms with Gasteiger partial charge in [0.25, 0.3) is 0 Å². The van der Waals surface area contributed by atoms with Crippen molar-refractivity contribution in [2.45, 2.75) is 26.2 Å². The van der Waals surface area contributed by atoms with Crippen LogP contribution in [0.25, 0.3) is 16.6 Å². The van der Waals surface area contributed by atoms with Crippen LogP contribution in [0.5, 0.6) is 0 Å². The summed E-state index contributed by atoms with van der Waals surface area (Å²) < 4.78 is 1.91.